The number of imidazole rings is 1. The van der Waals surface area contributed by atoms with Crippen LogP contribution in [0.3, 0.4) is 0 Å². The first-order valence-corrected chi connectivity index (χ1v) is 11.4. The highest BCUT2D eigenvalue weighted by molar-refractivity contribution is 7.17. The summed E-state index contributed by atoms with van der Waals surface area (Å²) in [5.74, 6) is 0.751. The molecule has 0 saturated carbocycles. The zero-order valence-electron chi connectivity index (χ0n) is 18.5. The van der Waals surface area contributed by atoms with Crippen LogP contribution < -0.4 is 5.73 Å². The van der Waals surface area contributed by atoms with Gasteiger partial charge in [0.1, 0.15) is 0 Å². The second-order valence-corrected chi connectivity index (χ2v) is 9.03. The van der Waals surface area contributed by atoms with Crippen LogP contribution in [0.5, 0.6) is 0 Å². The molecule has 2 N–H and O–H groups in total. The summed E-state index contributed by atoms with van der Waals surface area (Å²) >= 11 is 1.41. The van der Waals surface area contributed by atoms with Crippen molar-refractivity contribution >= 4 is 39.0 Å². The fraction of sp³-hybridized carbons (Fsp3) is 0.130. The highest BCUT2D eigenvalue weighted by atomic mass is 32.1. The standard InChI is InChI=1S/C23H20N10S/c1-31-13-25-11-18(31)8-19(24)22-30-33-21(28-29-23(33)34-22)6-14-3-4-20-15(5-14)7-16(9-26-20)17-10-27-32(2)12-17/h3-5,7-13H,6,24H2,1-2H3/b19-8-. The summed E-state index contributed by atoms with van der Waals surface area (Å²) in [4.78, 5) is 9.43. The smallest absolute Gasteiger partial charge is 0.235 e. The van der Waals surface area contributed by atoms with E-state index in [0.29, 0.717) is 22.1 Å². The molecule has 0 amide bonds. The Kier molecular flexibility index (Phi) is 4.69. The van der Waals surface area contributed by atoms with Crippen molar-refractivity contribution in [3.05, 3.63) is 77.5 Å². The van der Waals surface area contributed by atoms with Crippen LogP contribution in [0.1, 0.15) is 22.1 Å². The molecule has 0 aliphatic rings. The number of hydrogen-bond donors (Lipinski definition) is 1. The maximum Gasteiger partial charge on any atom is 0.235 e. The predicted molar refractivity (Wildman–Crippen MR) is 131 cm³/mol. The maximum absolute atomic E-state index is 6.30. The molecule has 0 fully saturated rings. The van der Waals surface area contributed by atoms with Crippen LogP contribution in [0, 0.1) is 0 Å². The van der Waals surface area contributed by atoms with E-state index in [2.05, 4.69) is 48.6 Å². The Morgan fingerprint density at radius 2 is 2.00 bits per heavy atom. The van der Waals surface area contributed by atoms with Crippen molar-refractivity contribution in [1.29, 1.82) is 0 Å². The molecule has 6 rings (SSSR count). The average Bonchev–Trinajstić information content (AvgIpc) is 3.61. The molecule has 5 aromatic heterocycles. The third kappa shape index (κ3) is 3.61. The lowest BCUT2D eigenvalue weighted by Crippen LogP contribution is -2.01. The molecular weight excluding hydrogens is 448 g/mol. The Morgan fingerprint density at radius 3 is 2.79 bits per heavy atom. The van der Waals surface area contributed by atoms with Gasteiger partial charge in [0.15, 0.2) is 10.8 Å². The molecule has 1 aromatic carbocycles. The van der Waals surface area contributed by atoms with E-state index < -0.39 is 0 Å². The molecule has 0 bridgehead atoms. The molecule has 0 aliphatic heterocycles. The third-order valence-corrected chi connectivity index (χ3v) is 6.55. The van der Waals surface area contributed by atoms with Gasteiger partial charge >= 0.3 is 0 Å². The molecule has 0 spiro atoms. The van der Waals surface area contributed by atoms with E-state index in [-0.39, 0.29) is 0 Å². The number of pyridine rings is 1. The van der Waals surface area contributed by atoms with Gasteiger partial charge in [-0.1, -0.05) is 17.4 Å². The SMILES string of the molecule is Cn1cc(-c2cnc3ccc(Cc4nnc5sc(/C(N)=C/c6cncn6C)nn45)cc3c2)cn1. The van der Waals surface area contributed by atoms with Crippen LogP contribution in [0.4, 0.5) is 0 Å². The number of benzene rings is 1. The van der Waals surface area contributed by atoms with E-state index in [1.807, 2.05) is 49.4 Å². The minimum absolute atomic E-state index is 0.560. The van der Waals surface area contributed by atoms with Crippen molar-refractivity contribution in [3.8, 4) is 11.1 Å². The van der Waals surface area contributed by atoms with E-state index >= 15 is 0 Å². The van der Waals surface area contributed by atoms with E-state index in [4.69, 9.17) is 5.73 Å². The molecule has 11 heteroatoms. The van der Waals surface area contributed by atoms with Crippen LogP contribution in [0.25, 0.3) is 38.8 Å². The fourth-order valence-corrected chi connectivity index (χ4v) is 4.60. The number of hydrogen-bond acceptors (Lipinski definition) is 8. The summed E-state index contributed by atoms with van der Waals surface area (Å²) < 4.78 is 5.44. The van der Waals surface area contributed by atoms with Crippen LogP contribution >= 0.6 is 11.3 Å². The lowest BCUT2D eigenvalue weighted by atomic mass is 10.0. The van der Waals surface area contributed by atoms with Gasteiger partial charge in [-0.05, 0) is 29.8 Å². The first kappa shape index (κ1) is 20.2. The lowest BCUT2D eigenvalue weighted by Gasteiger charge is -2.04. The Labute approximate surface area is 198 Å². The van der Waals surface area contributed by atoms with Gasteiger partial charge in [0.25, 0.3) is 0 Å². The monoisotopic (exact) mass is 468 g/mol. The number of aryl methyl sites for hydroxylation is 2. The van der Waals surface area contributed by atoms with Crippen molar-refractivity contribution in [2.75, 3.05) is 0 Å². The minimum Gasteiger partial charge on any atom is -0.396 e. The molecule has 0 unspecified atom stereocenters. The lowest BCUT2D eigenvalue weighted by molar-refractivity contribution is 0.768. The predicted octanol–water partition coefficient (Wildman–Crippen LogP) is 2.92. The largest absolute Gasteiger partial charge is 0.396 e. The average molecular weight is 469 g/mol. The van der Waals surface area contributed by atoms with Gasteiger partial charge in [0.2, 0.25) is 4.96 Å². The highest BCUT2D eigenvalue weighted by Gasteiger charge is 2.14. The van der Waals surface area contributed by atoms with Crippen molar-refractivity contribution in [2.45, 2.75) is 6.42 Å². The Hall–Kier alpha value is -4.38. The summed E-state index contributed by atoms with van der Waals surface area (Å²) in [6.45, 7) is 0. The van der Waals surface area contributed by atoms with Crippen LogP contribution in [-0.4, -0.2) is 44.1 Å². The van der Waals surface area contributed by atoms with Gasteiger partial charge in [0, 0.05) is 49.4 Å². The van der Waals surface area contributed by atoms with Gasteiger partial charge in [-0.3, -0.25) is 9.67 Å². The second-order valence-electron chi connectivity index (χ2n) is 8.08. The van der Waals surface area contributed by atoms with Gasteiger partial charge in [0.05, 0.1) is 35.6 Å². The Morgan fingerprint density at radius 1 is 1.09 bits per heavy atom. The Bertz CT molecular complexity index is 1680. The van der Waals surface area contributed by atoms with Gasteiger partial charge in [-0.2, -0.15) is 14.7 Å². The molecule has 0 saturated heterocycles. The molecule has 168 valence electrons. The highest BCUT2D eigenvalue weighted by Crippen LogP contribution is 2.25. The zero-order valence-corrected chi connectivity index (χ0v) is 19.3. The van der Waals surface area contributed by atoms with Crippen molar-refractivity contribution in [1.82, 2.24) is 44.1 Å². The fourth-order valence-electron chi connectivity index (χ4n) is 3.81. The molecule has 0 atom stereocenters. The summed E-state index contributed by atoms with van der Waals surface area (Å²) in [6.07, 6.45) is 11.6. The Balaban J connectivity index is 1.31. The quantitative estimate of drug-likeness (QED) is 0.413. The summed E-state index contributed by atoms with van der Waals surface area (Å²) in [5.41, 5.74) is 11.9. The van der Waals surface area contributed by atoms with Crippen molar-refractivity contribution in [2.24, 2.45) is 19.8 Å². The first-order valence-electron chi connectivity index (χ1n) is 10.6. The van der Waals surface area contributed by atoms with Crippen molar-refractivity contribution in [3.63, 3.8) is 0 Å². The second kappa shape index (κ2) is 7.89. The van der Waals surface area contributed by atoms with Crippen LogP contribution in [0.2, 0.25) is 0 Å². The number of fused-ring (bicyclic) bond motifs is 2. The molecule has 10 nitrogen and oxygen atoms in total. The molecule has 5 heterocycles. The van der Waals surface area contributed by atoms with Crippen LogP contribution in [0.15, 0.2) is 55.4 Å². The van der Waals surface area contributed by atoms with Crippen LogP contribution in [-0.2, 0) is 20.5 Å². The first-order chi connectivity index (χ1) is 16.5. The van der Waals surface area contributed by atoms with E-state index in [0.717, 1.165) is 39.1 Å². The maximum atomic E-state index is 6.30. The van der Waals surface area contributed by atoms with E-state index in [9.17, 15) is 0 Å². The number of nitrogens with two attached hydrogens (primary N) is 1. The number of rotatable bonds is 5. The van der Waals surface area contributed by atoms with Gasteiger partial charge < -0.3 is 10.3 Å². The summed E-state index contributed by atoms with van der Waals surface area (Å²) in [7, 11) is 3.82. The molecule has 6 aromatic rings. The number of nitrogens with zero attached hydrogens (tertiary/aromatic N) is 9. The normalized spacial score (nSPS) is 12.2. The minimum atomic E-state index is 0.560. The molecule has 34 heavy (non-hydrogen) atoms. The van der Waals surface area contributed by atoms with E-state index in [1.54, 1.807) is 21.7 Å². The molecular formula is C23H20N10S. The zero-order chi connectivity index (χ0) is 23.2. The molecule has 0 radical (unpaired) electrons. The topological polar surface area (TPSA) is 118 Å². The van der Waals surface area contributed by atoms with Gasteiger partial charge in [-0.15, -0.1) is 10.2 Å². The molecule has 0 aliphatic carbocycles. The van der Waals surface area contributed by atoms with E-state index in [1.165, 1.54) is 11.3 Å². The summed E-state index contributed by atoms with van der Waals surface area (Å²) in [6, 6.07) is 8.35. The summed E-state index contributed by atoms with van der Waals surface area (Å²) in [5, 5.41) is 19.3. The van der Waals surface area contributed by atoms with Gasteiger partial charge in [-0.25, -0.2) is 4.98 Å². The third-order valence-electron chi connectivity index (χ3n) is 5.61. The number of aromatic nitrogens is 9. The van der Waals surface area contributed by atoms with Crippen molar-refractivity contribution < 1.29 is 0 Å².